The predicted molar refractivity (Wildman–Crippen MR) is 84.4 cm³/mol. The zero-order valence-electron chi connectivity index (χ0n) is 12.6. The summed E-state index contributed by atoms with van der Waals surface area (Å²) in [5.74, 6) is 0.0108. The molecule has 0 saturated carbocycles. The lowest BCUT2D eigenvalue weighted by Gasteiger charge is -2.33. The average Bonchev–Trinajstić information content (AvgIpc) is 3.07. The van der Waals surface area contributed by atoms with E-state index in [1.54, 1.807) is 29.2 Å². The Balaban J connectivity index is 2.14. The summed E-state index contributed by atoms with van der Waals surface area (Å²) in [5.41, 5.74) is -0.468. The van der Waals surface area contributed by atoms with Gasteiger partial charge in [0.05, 0.1) is 6.54 Å². The maximum absolute atomic E-state index is 11.9. The van der Waals surface area contributed by atoms with Crippen LogP contribution >= 0.6 is 23.2 Å². The van der Waals surface area contributed by atoms with Crippen LogP contribution in [0.15, 0.2) is 30.9 Å². The molecule has 1 aromatic carbocycles. The van der Waals surface area contributed by atoms with Gasteiger partial charge in [0.25, 0.3) is 0 Å². The van der Waals surface area contributed by atoms with E-state index in [-0.39, 0.29) is 12.5 Å². The van der Waals surface area contributed by atoms with Crippen molar-refractivity contribution < 1.29 is 14.3 Å². The number of nitrogens with zero attached hydrogens (tertiary/aromatic N) is 3. The highest BCUT2D eigenvalue weighted by Gasteiger charge is 2.55. The molecular formula is C15H15Cl2N3O3. The summed E-state index contributed by atoms with van der Waals surface area (Å²) in [6.07, 6.45) is 1.72. The highest BCUT2D eigenvalue weighted by atomic mass is 35.5. The van der Waals surface area contributed by atoms with Crippen LogP contribution in [-0.2, 0) is 21.6 Å². The molecule has 0 unspecified atom stereocenters. The molecule has 1 aliphatic rings. The van der Waals surface area contributed by atoms with Gasteiger partial charge in [0.15, 0.2) is 11.7 Å². The van der Waals surface area contributed by atoms with Gasteiger partial charge in [-0.1, -0.05) is 43.1 Å². The molecule has 3 rings (SSSR count). The molecule has 1 fully saturated rings. The Morgan fingerprint density at radius 2 is 2.17 bits per heavy atom. The number of halogens is 2. The fraction of sp³-hybridized carbons (Fsp3) is 0.400. The molecular weight excluding hydrogens is 341 g/mol. The van der Waals surface area contributed by atoms with Gasteiger partial charge in [-0.15, -0.1) is 0 Å². The highest BCUT2D eigenvalue weighted by Crippen LogP contribution is 2.45. The maximum Gasteiger partial charge on any atom is 0.509 e. The van der Waals surface area contributed by atoms with Crippen molar-refractivity contribution in [3.05, 3.63) is 46.5 Å². The molecule has 23 heavy (non-hydrogen) atoms. The van der Waals surface area contributed by atoms with E-state index in [0.29, 0.717) is 15.6 Å². The van der Waals surface area contributed by atoms with Crippen LogP contribution in [0.2, 0.25) is 10.0 Å². The summed E-state index contributed by atoms with van der Waals surface area (Å²) >= 11 is 12.4. The van der Waals surface area contributed by atoms with Gasteiger partial charge in [0.2, 0.25) is 0 Å². The molecule has 0 aliphatic carbocycles. The van der Waals surface area contributed by atoms with Gasteiger partial charge in [-0.05, 0) is 18.1 Å². The van der Waals surface area contributed by atoms with Crippen molar-refractivity contribution in [3.63, 3.8) is 0 Å². The Labute approximate surface area is 143 Å². The highest BCUT2D eigenvalue weighted by molar-refractivity contribution is 6.35. The average molecular weight is 356 g/mol. The minimum atomic E-state index is -1.10. The second-order valence-electron chi connectivity index (χ2n) is 5.74. The van der Waals surface area contributed by atoms with E-state index in [2.05, 4.69) is 10.1 Å². The predicted octanol–water partition coefficient (Wildman–Crippen LogP) is 3.67. The van der Waals surface area contributed by atoms with E-state index < -0.39 is 17.9 Å². The van der Waals surface area contributed by atoms with Crippen LogP contribution in [0.5, 0.6) is 0 Å². The van der Waals surface area contributed by atoms with Crippen LogP contribution in [0.3, 0.4) is 0 Å². The standard InChI is InChI=1S/C15H15Cl2N3O3/c1-9(2)13-15(23-14(21)22-13,6-20-8-18-7-19-20)11-4-3-10(16)5-12(11)17/h3-5,7-9,13H,6H2,1-2H3/t13-,15-/m1/s1. The van der Waals surface area contributed by atoms with Crippen molar-refractivity contribution in [1.29, 1.82) is 0 Å². The third-order valence-electron chi connectivity index (χ3n) is 3.80. The van der Waals surface area contributed by atoms with Gasteiger partial charge in [-0.25, -0.2) is 14.5 Å². The lowest BCUT2D eigenvalue weighted by Crippen LogP contribution is -2.44. The van der Waals surface area contributed by atoms with Crippen LogP contribution in [0, 0.1) is 5.92 Å². The first-order valence-electron chi connectivity index (χ1n) is 7.10. The van der Waals surface area contributed by atoms with E-state index in [4.69, 9.17) is 32.7 Å². The van der Waals surface area contributed by atoms with E-state index in [1.165, 1.54) is 6.33 Å². The molecule has 0 bridgehead atoms. The van der Waals surface area contributed by atoms with Crippen LogP contribution in [0.25, 0.3) is 0 Å². The Morgan fingerprint density at radius 3 is 2.78 bits per heavy atom. The summed E-state index contributed by atoms with van der Waals surface area (Å²) in [4.78, 5) is 15.8. The van der Waals surface area contributed by atoms with Gasteiger partial charge in [0, 0.05) is 15.6 Å². The molecule has 0 N–H and O–H groups in total. The van der Waals surface area contributed by atoms with Crippen LogP contribution < -0.4 is 0 Å². The Morgan fingerprint density at radius 1 is 1.39 bits per heavy atom. The monoisotopic (exact) mass is 355 g/mol. The zero-order chi connectivity index (χ0) is 16.6. The molecule has 0 amide bonds. The molecule has 1 aromatic heterocycles. The number of hydrogen-bond donors (Lipinski definition) is 0. The number of rotatable bonds is 4. The van der Waals surface area contributed by atoms with Gasteiger partial charge < -0.3 is 9.47 Å². The van der Waals surface area contributed by atoms with Crippen molar-refractivity contribution in [2.24, 2.45) is 5.92 Å². The van der Waals surface area contributed by atoms with Crippen LogP contribution in [0.4, 0.5) is 4.79 Å². The van der Waals surface area contributed by atoms with Crippen molar-refractivity contribution in [3.8, 4) is 0 Å². The second-order valence-corrected chi connectivity index (χ2v) is 6.58. The normalized spacial score (nSPS) is 23.9. The quantitative estimate of drug-likeness (QED) is 0.782. The topological polar surface area (TPSA) is 66.2 Å². The summed E-state index contributed by atoms with van der Waals surface area (Å²) in [7, 11) is 0. The molecule has 2 aromatic rings. The third-order valence-corrected chi connectivity index (χ3v) is 4.35. The summed E-state index contributed by atoms with van der Waals surface area (Å²) in [6, 6.07) is 5.07. The lowest BCUT2D eigenvalue weighted by atomic mass is 9.82. The number of benzene rings is 1. The molecule has 0 radical (unpaired) electrons. The molecule has 6 nitrogen and oxygen atoms in total. The first-order chi connectivity index (χ1) is 10.9. The fourth-order valence-corrected chi connectivity index (χ4v) is 3.48. The maximum atomic E-state index is 11.9. The summed E-state index contributed by atoms with van der Waals surface area (Å²) < 4.78 is 12.6. The molecule has 122 valence electrons. The number of hydrogen-bond acceptors (Lipinski definition) is 5. The van der Waals surface area contributed by atoms with Gasteiger partial charge in [0.1, 0.15) is 12.7 Å². The zero-order valence-corrected chi connectivity index (χ0v) is 14.1. The van der Waals surface area contributed by atoms with Crippen LogP contribution in [-0.4, -0.2) is 27.0 Å². The first-order valence-corrected chi connectivity index (χ1v) is 7.85. The largest absolute Gasteiger partial charge is 0.509 e. The summed E-state index contributed by atoms with van der Waals surface area (Å²) in [6.45, 7) is 4.14. The SMILES string of the molecule is CC(C)[C@H]1OC(=O)O[C@]1(Cn1cncn1)c1ccc(Cl)cc1Cl. The van der Waals surface area contributed by atoms with Crippen molar-refractivity contribution >= 4 is 29.4 Å². The lowest BCUT2D eigenvalue weighted by molar-refractivity contribution is -0.0134. The van der Waals surface area contributed by atoms with Gasteiger partial charge in [-0.3, -0.25) is 0 Å². The molecule has 0 spiro atoms. The van der Waals surface area contributed by atoms with E-state index in [1.807, 2.05) is 13.8 Å². The molecule has 1 saturated heterocycles. The Bertz CT molecular complexity index is 721. The minimum absolute atomic E-state index is 0.0108. The van der Waals surface area contributed by atoms with E-state index in [0.717, 1.165) is 0 Å². The third kappa shape index (κ3) is 2.88. The number of cyclic esters (lactones) is 2. The van der Waals surface area contributed by atoms with Crippen LogP contribution in [0.1, 0.15) is 19.4 Å². The van der Waals surface area contributed by atoms with Gasteiger partial charge in [-0.2, -0.15) is 5.10 Å². The molecule has 8 heteroatoms. The van der Waals surface area contributed by atoms with E-state index >= 15 is 0 Å². The van der Waals surface area contributed by atoms with Gasteiger partial charge >= 0.3 is 6.16 Å². The minimum Gasteiger partial charge on any atom is -0.426 e. The molecule has 1 aliphatic heterocycles. The Kier molecular flexibility index (Phi) is 4.21. The molecule has 2 atom stereocenters. The number of carbonyl (C=O) groups excluding carboxylic acids is 1. The van der Waals surface area contributed by atoms with Crippen molar-refractivity contribution in [1.82, 2.24) is 14.8 Å². The second kappa shape index (κ2) is 6.02. The fourth-order valence-electron chi connectivity index (χ4n) is 2.91. The van der Waals surface area contributed by atoms with E-state index in [9.17, 15) is 4.79 Å². The number of aromatic nitrogens is 3. The number of carbonyl (C=O) groups is 1. The van der Waals surface area contributed by atoms with Crippen molar-refractivity contribution in [2.75, 3.05) is 0 Å². The number of ether oxygens (including phenoxy) is 2. The van der Waals surface area contributed by atoms with Crippen molar-refractivity contribution in [2.45, 2.75) is 32.1 Å². The smallest absolute Gasteiger partial charge is 0.426 e. The Hall–Kier alpha value is -1.79. The summed E-state index contributed by atoms with van der Waals surface area (Å²) in [5, 5.41) is 5.01. The first kappa shape index (κ1) is 16.1. The molecule has 2 heterocycles.